The van der Waals surface area contributed by atoms with Gasteiger partial charge < -0.3 is 10.6 Å². The van der Waals surface area contributed by atoms with Crippen molar-refractivity contribution in [2.75, 3.05) is 17.2 Å². The van der Waals surface area contributed by atoms with E-state index in [1.165, 1.54) is 32.1 Å². The van der Waals surface area contributed by atoms with Gasteiger partial charge in [-0.05, 0) is 39.0 Å². The number of nitrogens with one attached hydrogen (secondary N) is 2. The molecule has 1 saturated carbocycles. The predicted octanol–water partition coefficient (Wildman–Crippen LogP) is 3.99. The maximum atomic E-state index is 4.51. The van der Waals surface area contributed by atoms with Crippen LogP contribution in [0.15, 0.2) is 6.07 Å². The monoisotopic (exact) mass is 276 g/mol. The molecule has 4 nitrogen and oxygen atoms in total. The Labute approximate surface area is 122 Å². The van der Waals surface area contributed by atoms with Gasteiger partial charge in [0.05, 0.1) is 0 Å². The molecule has 0 radical (unpaired) electrons. The van der Waals surface area contributed by atoms with Crippen LogP contribution < -0.4 is 10.6 Å². The highest BCUT2D eigenvalue weighted by Gasteiger charge is 2.20. The lowest BCUT2D eigenvalue weighted by molar-refractivity contribution is 0.328. The minimum atomic E-state index is 0.489. The summed E-state index contributed by atoms with van der Waals surface area (Å²) in [4.78, 5) is 8.94. The molecule has 0 bridgehead atoms. The van der Waals surface area contributed by atoms with E-state index < -0.39 is 0 Å². The first-order valence-electron chi connectivity index (χ1n) is 8.05. The summed E-state index contributed by atoms with van der Waals surface area (Å²) in [6.07, 6.45) is 7.95. The highest BCUT2D eigenvalue weighted by Crippen LogP contribution is 2.28. The molecule has 0 aliphatic heterocycles. The summed E-state index contributed by atoms with van der Waals surface area (Å²) in [7, 11) is 0. The van der Waals surface area contributed by atoms with Gasteiger partial charge in [0.25, 0.3) is 0 Å². The Morgan fingerprint density at radius 2 is 1.90 bits per heavy atom. The third kappa shape index (κ3) is 4.36. The van der Waals surface area contributed by atoms with Crippen molar-refractivity contribution in [3.05, 3.63) is 11.9 Å². The molecule has 1 unspecified atom stereocenters. The van der Waals surface area contributed by atoms with Crippen molar-refractivity contribution in [1.82, 2.24) is 9.97 Å². The van der Waals surface area contributed by atoms with Gasteiger partial charge in [0, 0.05) is 18.7 Å². The van der Waals surface area contributed by atoms with E-state index in [2.05, 4.69) is 34.4 Å². The molecular weight excluding hydrogens is 248 g/mol. The Morgan fingerprint density at radius 1 is 1.20 bits per heavy atom. The molecule has 1 heterocycles. The van der Waals surface area contributed by atoms with Gasteiger partial charge in [0.1, 0.15) is 17.5 Å². The zero-order valence-corrected chi connectivity index (χ0v) is 13.1. The highest BCUT2D eigenvalue weighted by molar-refractivity contribution is 5.48. The topological polar surface area (TPSA) is 49.8 Å². The maximum Gasteiger partial charge on any atom is 0.132 e. The van der Waals surface area contributed by atoms with Crippen LogP contribution in [0.25, 0.3) is 0 Å². The quantitative estimate of drug-likeness (QED) is 0.825. The third-order valence-corrected chi connectivity index (χ3v) is 4.13. The molecule has 0 aromatic carbocycles. The fraction of sp³-hybridized carbons (Fsp3) is 0.750. The van der Waals surface area contributed by atoms with E-state index in [0.717, 1.165) is 36.3 Å². The third-order valence-electron chi connectivity index (χ3n) is 4.13. The summed E-state index contributed by atoms with van der Waals surface area (Å²) in [5.74, 6) is 3.49. The molecule has 2 N–H and O–H groups in total. The van der Waals surface area contributed by atoms with Crippen molar-refractivity contribution >= 4 is 11.6 Å². The van der Waals surface area contributed by atoms with E-state index in [-0.39, 0.29) is 0 Å². The molecule has 0 amide bonds. The highest BCUT2D eigenvalue weighted by atomic mass is 15.1. The minimum absolute atomic E-state index is 0.489. The molecule has 112 valence electrons. The van der Waals surface area contributed by atoms with Crippen LogP contribution in [0.4, 0.5) is 11.6 Å². The van der Waals surface area contributed by atoms with E-state index in [0.29, 0.717) is 6.04 Å². The van der Waals surface area contributed by atoms with Gasteiger partial charge >= 0.3 is 0 Å². The average molecular weight is 276 g/mol. The summed E-state index contributed by atoms with van der Waals surface area (Å²) in [6.45, 7) is 7.35. The molecule has 1 aliphatic carbocycles. The zero-order chi connectivity index (χ0) is 14.4. The molecule has 0 spiro atoms. The smallest absolute Gasteiger partial charge is 0.132 e. The lowest BCUT2D eigenvalue weighted by atomic mass is 9.84. The zero-order valence-electron chi connectivity index (χ0n) is 13.1. The molecule has 1 aromatic rings. The second-order valence-electron chi connectivity index (χ2n) is 5.94. The van der Waals surface area contributed by atoms with Gasteiger partial charge in [0.2, 0.25) is 0 Å². The lowest BCUT2D eigenvalue weighted by Crippen LogP contribution is -2.28. The fourth-order valence-corrected chi connectivity index (χ4v) is 2.97. The summed E-state index contributed by atoms with van der Waals surface area (Å²) in [6, 6.07) is 2.52. The fourth-order valence-electron chi connectivity index (χ4n) is 2.97. The SMILES string of the molecule is CCCNc1cc(NC(C)C2CCCCC2)nc(C)n1. The van der Waals surface area contributed by atoms with Crippen LogP contribution in [0.3, 0.4) is 0 Å². The van der Waals surface area contributed by atoms with Crippen LogP contribution in [0.1, 0.15) is 58.2 Å². The first kappa shape index (κ1) is 15.1. The standard InChI is InChI=1S/C16H28N4/c1-4-10-17-15-11-16(20-13(3)19-15)18-12(2)14-8-6-5-7-9-14/h11-12,14H,4-10H2,1-3H3,(H2,17,18,19,20). The number of nitrogens with zero attached hydrogens (tertiary/aromatic N) is 2. The summed E-state index contributed by atoms with van der Waals surface area (Å²) in [5, 5.41) is 6.92. The molecule has 1 aliphatic rings. The van der Waals surface area contributed by atoms with Crippen molar-refractivity contribution in [3.8, 4) is 0 Å². The number of rotatable bonds is 6. The van der Waals surface area contributed by atoms with E-state index in [1.807, 2.05) is 13.0 Å². The molecule has 20 heavy (non-hydrogen) atoms. The van der Waals surface area contributed by atoms with Crippen LogP contribution in [0.2, 0.25) is 0 Å². The second kappa shape index (κ2) is 7.46. The largest absolute Gasteiger partial charge is 0.370 e. The Hall–Kier alpha value is -1.32. The summed E-state index contributed by atoms with van der Waals surface area (Å²) in [5.41, 5.74) is 0. The normalized spacial score (nSPS) is 17.8. The molecule has 1 atom stereocenters. The summed E-state index contributed by atoms with van der Waals surface area (Å²) >= 11 is 0. The van der Waals surface area contributed by atoms with Crippen molar-refractivity contribution in [2.45, 2.75) is 65.3 Å². The van der Waals surface area contributed by atoms with Crippen LogP contribution in [0, 0.1) is 12.8 Å². The van der Waals surface area contributed by atoms with Crippen LogP contribution in [-0.2, 0) is 0 Å². The average Bonchev–Trinajstić information content (AvgIpc) is 2.45. The van der Waals surface area contributed by atoms with Crippen molar-refractivity contribution in [2.24, 2.45) is 5.92 Å². The van der Waals surface area contributed by atoms with Crippen LogP contribution >= 0.6 is 0 Å². The first-order chi connectivity index (χ1) is 9.69. The Bertz CT molecular complexity index is 413. The van der Waals surface area contributed by atoms with Crippen LogP contribution in [0.5, 0.6) is 0 Å². The second-order valence-corrected chi connectivity index (χ2v) is 5.94. The van der Waals surface area contributed by atoms with Crippen molar-refractivity contribution in [1.29, 1.82) is 0 Å². The van der Waals surface area contributed by atoms with E-state index in [1.54, 1.807) is 0 Å². The minimum Gasteiger partial charge on any atom is -0.370 e. The molecular formula is C16H28N4. The van der Waals surface area contributed by atoms with Gasteiger partial charge in [-0.3, -0.25) is 0 Å². The number of anilines is 2. The first-order valence-corrected chi connectivity index (χ1v) is 8.05. The van der Waals surface area contributed by atoms with Gasteiger partial charge in [-0.25, -0.2) is 9.97 Å². The maximum absolute atomic E-state index is 4.51. The van der Waals surface area contributed by atoms with Gasteiger partial charge in [-0.1, -0.05) is 26.2 Å². The Kier molecular flexibility index (Phi) is 5.62. The van der Waals surface area contributed by atoms with Crippen LogP contribution in [-0.4, -0.2) is 22.6 Å². The van der Waals surface area contributed by atoms with E-state index in [4.69, 9.17) is 0 Å². The molecule has 4 heteroatoms. The molecule has 1 fully saturated rings. The van der Waals surface area contributed by atoms with Gasteiger partial charge in [-0.15, -0.1) is 0 Å². The number of hydrogen-bond donors (Lipinski definition) is 2. The Morgan fingerprint density at radius 3 is 2.60 bits per heavy atom. The molecule has 2 rings (SSSR count). The lowest BCUT2D eigenvalue weighted by Gasteiger charge is -2.28. The van der Waals surface area contributed by atoms with Gasteiger partial charge in [0.15, 0.2) is 0 Å². The number of aromatic nitrogens is 2. The van der Waals surface area contributed by atoms with Gasteiger partial charge in [-0.2, -0.15) is 0 Å². The Balaban J connectivity index is 1.98. The van der Waals surface area contributed by atoms with Crippen molar-refractivity contribution < 1.29 is 0 Å². The van der Waals surface area contributed by atoms with E-state index >= 15 is 0 Å². The molecule has 1 aromatic heterocycles. The van der Waals surface area contributed by atoms with Crippen molar-refractivity contribution in [3.63, 3.8) is 0 Å². The summed E-state index contributed by atoms with van der Waals surface area (Å²) < 4.78 is 0. The number of hydrogen-bond acceptors (Lipinski definition) is 4. The molecule has 0 saturated heterocycles. The van der Waals surface area contributed by atoms with E-state index in [9.17, 15) is 0 Å². The number of aryl methyl sites for hydroxylation is 1. The predicted molar refractivity (Wildman–Crippen MR) is 85.2 cm³/mol.